The summed E-state index contributed by atoms with van der Waals surface area (Å²) in [5.41, 5.74) is 0.501. The van der Waals surface area contributed by atoms with E-state index in [9.17, 15) is 4.79 Å². The number of aromatic nitrogens is 2. The second-order valence-corrected chi connectivity index (χ2v) is 4.73. The first-order chi connectivity index (χ1) is 9.31. The Kier molecular flexibility index (Phi) is 5.20. The number of aryl methyl sites for hydroxylation is 1. The van der Waals surface area contributed by atoms with Gasteiger partial charge in [-0.1, -0.05) is 0 Å². The van der Waals surface area contributed by atoms with Gasteiger partial charge < -0.3 is 19.9 Å². The summed E-state index contributed by atoms with van der Waals surface area (Å²) in [4.78, 5) is 16.2. The Balaban J connectivity index is 1.72. The molecule has 0 spiro atoms. The van der Waals surface area contributed by atoms with Crippen molar-refractivity contribution in [3.63, 3.8) is 0 Å². The molecule has 0 atom stereocenters. The third-order valence-corrected chi connectivity index (χ3v) is 3.18. The van der Waals surface area contributed by atoms with E-state index in [0.717, 1.165) is 51.3 Å². The number of nitrogens with one attached hydrogen (secondary N) is 2. The van der Waals surface area contributed by atoms with E-state index in [0.29, 0.717) is 12.2 Å². The van der Waals surface area contributed by atoms with Gasteiger partial charge in [0.05, 0.1) is 0 Å². The second kappa shape index (κ2) is 7.13. The average molecular weight is 266 g/mol. The normalized spacial score (nSPS) is 13.7. The zero-order valence-electron chi connectivity index (χ0n) is 11.4. The van der Waals surface area contributed by atoms with Crippen molar-refractivity contribution in [2.75, 3.05) is 32.1 Å². The van der Waals surface area contributed by atoms with E-state index in [1.807, 2.05) is 10.8 Å². The van der Waals surface area contributed by atoms with Gasteiger partial charge in [-0.05, 0) is 25.7 Å². The summed E-state index contributed by atoms with van der Waals surface area (Å²) in [6.07, 6.45) is 5.97. The van der Waals surface area contributed by atoms with E-state index < -0.39 is 0 Å². The Morgan fingerprint density at radius 3 is 3.21 bits per heavy atom. The van der Waals surface area contributed by atoms with E-state index in [2.05, 4.69) is 15.6 Å². The van der Waals surface area contributed by atoms with Gasteiger partial charge in [0.1, 0.15) is 5.69 Å². The lowest BCUT2D eigenvalue weighted by Gasteiger charge is -2.14. The van der Waals surface area contributed by atoms with Crippen LogP contribution in [-0.2, 0) is 11.3 Å². The van der Waals surface area contributed by atoms with Crippen LogP contribution in [0.25, 0.3) is 0 Å². The molecule has 2 N–H and O–H groups in total. The minimum atomic E-state index is -0.0876. The fourth-order valence-electron chi connectivity index (χ4n) is 2.13. The van der Waals surface area contributed by atoms with Gasteiger partial charge in [0.2, 0.25) is 5.95 Å². The molecule has 0 aromatic carbocycles. The first-order valence-electron chi connectivity index (χ1n) is 6.89. The number of carbonyl (C=O) groups is 1. The van der Waals surface area contributed by atoms with Gasteiger partial charge in [0.25, 0.3) is 5.91 Å². The zero-order chi connectivity index (χ0) is 13.5. The van der Waals surface area contributed by atoms with Crippen molar-refractivity contribution in [1.29, 1.82) is 0 Å². The van der Waals surface area contributed by atoms with Crippen LogP contribution >= 0.6 is 0 Å². The van der Waals surface area contributed by atoms with Crippen LogP contribution in [0, 0.1) is 0 Å². The Labute approximate surface area is 113 Å². The fraction of sp³-hybridized carbons (Fsp3) is 0.692. The quantitative estimate of drug-likeness (QED) is 0.729. The van der Waals surface area contributed by atoms with E-state index in [4.69, 9.17) is 4.74 Å². The summed E-state index contributed by atoms with van der Waals surface area (Å²) in [6, 6.07) is 0. The third-order valence-electron chi connectivity index (χ3n) is 3.18. The Morgan fingerprint density at radius 1 is 1.53 bits per heavy atom. The summed E-state index contributed by atoms with van der Waals surface area (Å²) < 4.78 is 6.98. The Hall–Kier alpha value is -1.56. The van der Waals surface area contributed by atoms with E-state index in [-0.39, 0.29) is 5.91 Å². The molecule has 1 aromatic heterocycles. The number of imidazole rings is 1. The molecule has 2 heterocycles. The van der Waals surface area contributed by atoms with Gasteiger partial charge in [0, 0.05) is 39.5 Å². The highest BCUT2D eigenvalue weighted by Gasteiger charge is 2.15. The van der Waals surface area contributed by atoms with Gasteiger partial charge >= 0.3 is 0 Å². The smallest absolute Gasteiger partial charge is 0.271 e. The lowest BCUT2D eigenvalue weighted by molar-refractivity contribution is 0.0948. The van der Waals surface area contributed by atoms with Crippen molar-refractivity contribution in [3.05, 3.63) is 11.9 Å². The van der Waals surface area contributed by atoms with Gasteiger partial charge in [-0.15, -0.1) is 0 Å². The number of nitrogens with zero attached hydrogens (tertiary/aromatic N) is 2. The highest BCUT2D eigenvalue weighted by Crippen LogP contribution is 2.13. The molecule has 2 rings (SSSR count). The van der Waals surface area contributed by atoms with Crippen molar-refractivity contribution in [1.82, 2.24) is 14.9 Å². The maximum absolute atomic E-state index is 11.9. The summed E-state index contributed by atoms with van der Waals surface area (Å²) in [6.45, 7) is 3.34. The number of anilines is 1. The summed E-state index contributed by atoms with van der Waals surface area (Å²) in [5, 5.41) is 6.09. The first kappa shape index (κ1) is 13.9. The summed E-state index contributed by atoms with van der Waals surface area (Å²) in [5.74, 6) is 0.715. The van der Waals surface area contributed by atoms with Gasteiger partial charge in [-0.3, -0.25) is 4.79 Å². The van der Waals surface area contributed by atoms with E-state index >= 15 is 0 Å². The number of ether oxygens (including phenoxy) is 1. The molecule has 1 aliphatic rings. The molecule has 0 aliphatic carbocycles. The number of methoxy groups -OCH3 is 1. The monoisotopic (exact) mass is 266 g/mol. The molecule has 1 aromatic rings. The van der Waals surface area contributed by atoms with Crippen molar-refractivity contribution >= 4 is 11.9 Å². The first-order valence-corrected chi connectivity index (χ1v) is 6.89. The molecule has 0 unspecified atom stereocenters. The molecule has 6 nitrogen and oxygen atoms in total. The minimum Gasteiger partial charge on any atom is -0.385 e. The SMILES string of the molecule is COCCCCCNC(=O)c1cn2c(n1)NCCC2. The largest absolute Gasteiger partial charge is 0.385 e. The van der Waals surface area contributed by atoms with Gasteiger partial charge in [0.15, 0.2) is 0 Å². The van der Waals surface area contributed by atoms with Crippen LogP contribution in [0.3, 0.4) is 0 Å². The number of rotatable bonds is 7. The molecule has 1 amide bonds. The highest BCUT2D eigenvalue weighted by atomic mass is 16.5. The van der Waals surface area contributed by atoms with Gasteiger partial charge in [-0.2, -0.15) is 0 Å². The number of fused-ring (bicyclic) bond motifs is 1. The number of carbonyl (C=O) groups excluding carboxylic acids is 1. The molecule has 0 saturated heterocycles. The Bertz CT molecular complexity index is 393. The zero-order valence-corrected chi connectivity index (χ0v) is 11.4. The van der Waals surface area contributed by atoms with Crippen LogP contribution < -0.4 is 10.6 Å². The Morgan fingerprint density at radius 2 is 2.42 bits per heavy atom. The number of amides is 1. The maximum Gasteiger partial charge on any atom is 0.271 e. The minimum absolute atomic E-state index is 0.0876. The predicted octanol–water partition coefficient (Wildman–Crippen LogP) is 1.25. The molecular weight excluding hydrogens is 244 g/mol. The van der Waals surface area contributed by atoms with Gasteiger partial charge in [-0.25, -0.2) is 4.98 Å². The van der Waals surface area contributed by atoms with Crippen molar-refractivity contribution < 1.29 is 9.53 Å². The molecule has 19 heavy (non-hydrogen) atoms. The van der Waals surface area contributed by atoms with Crippen molar-refractivity contribution in [2.24, 2.45) is 0 Å². The second-order valence-electron chi connectivity index (χ2n) is 4.73. The number of hydrogen-bond acceptors (Lipinski definition) is 4. The highest BCUT2D eigenvalue weighted by molar-refractivity contribution is 5.92. The van der Waals surface area contributed by atoms with Crippen molar-refractivity contribution in [2.45, 2.75) is 32.2 Å². The third kappa shape index (κ3) is 3.96. The molecule has 6 heteroatoms. The topological polar surface area (TPSA) is 68.2 Å². The molecule has 0 radical (unpaired) electrons. The number of hydrogen-bond donors (Lipinski definition) is 2. The summed E-state index contributed by atoms with van der Waals surface area (Å²) in [7, 11) is 1.70. The lowest BCUT2D eigenvalue weighted by atomic mass is 10.2. The van der Waals surface area contributed by atoms with Crippen LogP contribution in [0.2, 0.25) is 0 Å². The molecule has 0 fully saturated rings. The van der Waals surface area contributed by atoms with Crippen molar-refractivity contribution in [3.8, 4) is 0 Å². The average Bonchev–Trinajstić information content (AvgIpc) is 2.86. The molecule has 0 saturated carbocycles. The molecule has 0 bridgehead atoms. The standard InChI is InChI=1S/C13H22N4O2/c1-19-9-4-2-3-6-14-12(18)11-10-17-8-5-7-15-13(17)16-11/h10H,2-9H2,1H3,(H,14,18)(H,15,16). The lowest BCUT2D eigenvalue weighted by Crippen LogP contribution is -2.24. The van der Waals surface area contributed by atoms with Crippen LogP contribution in [-0.4, -0.2) is 42.3 Å². The summed E-state index contributed by atoms with van der Waals surface area (Å²) >= 11 is 0. The number of unbranched alkanes of at least 4 members (excludes halogenated alkanes) is 2. The van der Waals surface area contributed by atoms with Crippen LogP contribution in [0.15, 0.2) is 6.20 Å². The fourth-order valence-corrected chi connectivity index (χ4v) is 2.13. The maximum atomic E-state index is 11.9. The predicted molar refractivity (Wildman–Crippen MR) is 73.4 cm³/mol. The van der Waals surface area contributed by atoms with Crippen LogP contribution in [0.4, 0.5) is 5.95 Å². The molecule has 106 valence electrons. The van der Waals surface area contributed by atoms with Crippen LogP contribution in [0.1, 0.15) is 36.2 Å². The van der Waals surface area contributed by atoms with E-state index in [1.165, 1.54) is 0 Å². The molecule has 1 aliphatic heterocycles. The molecular formula is C13H22N4O2. The van der Waals surface area contributed by atoms with E-state index in [1.54, 1.807) is 7.11 Å². The van der Waals surface area contributed by atoms with Crippen LogP contribution in [0.5, 0.6) is 0 Å².